The fourth-order valence-electron chi connectivity index (χ4n) is 3.27. The fraction of sp³-hybridized carbons (Fsp3) is 0.316. The first-order valence-electron chi connectivity index (χ1n) is 8.58. The summed E-state index contributed by atoms with van der Waals surface area (Å²) in [4.78, 5) is 14.3. The third-order valence-electron chi connectivity index (χ3n) is 4.88. The van der Waals surface area contributed by atoms with Gasteiger partial charge in [0.15, 0.2) is 0 Å². The average Bonchev–Trinajstić information content (AvgIpc) is 3.36. The molecule has 0 atom stereocenters. The Morgan fingerprint density at radius 2 is 1.96 bits per heavy atom. The number of nitrogens with zero attached hydrogens (tertiary/aromatic N) is 1. The Kier molecular flexibility index (Phi) is 4.20. The van der Waals surface area contributed by atoms with E-state index in [0.717, 1.165) is 29.7 Å². The van der Waals surface area contributed by atoms with Crippen LogP contribution in [0.4, 0.5) is 11.4 Å². The zero-order chi connectivity index (χ0) is 18.5. The van der Waals surface area contributed by atoms with Crippen LogP contribution in [-0.4, -0.2) is 20.9 Å². The SMILES string of the molecule is Cc1cc(Cl)ccc1NS(=O)(=O)c1ccc2c(c1)CCN2C(=O)C1CC1. The lowest BCUT2D eigenvalue weighted by molar-refractivity contribution is -0.119. The summed E-state index contributed by atoms with van der Waals surface area (Å²) in [6, 6.07) is 9.98. The Labute approximate surface area is 158 Å². The minimum atomic E-state index is -3.71. The van der Waals surface area contributed by atoms with Gasteiger partial charge in [-0.3, -0.25) is 9.52 Å². The fourth-order valence-corrected chi connectivity index (χ4v) is 4.68. The van der Waals surface area contributed by atoms with Gasteiger partial charge in [-0.15, -0.1) is 0 Å². The van der Waals surface area contributed by atoms with Crippen LogP contribution < -0.4 is 9.62 Å². The number of amides is 1. The normalized spacial score (nSPS) is 16.5. The van der Waals surface area contributed by atoms with E-state index in [1.165, 1.54) is 0 Å². The van der Waals surface area contributed by atoms with Crippen molar-refractivity contribution < 1.29 is 13.2 Å². The number of halogens is 1. The lowest BCUT2D eigenvalue weighted by Gasteiger charge is -2.17. The first-order chi connectivity index (χ1) is 12.3. The molecule has 1 amide bonds. The van der Waals surface area contributed by atoms with E-state index < -0.39 is 10.0 Å². The Morgan fingerprint density at radius 3 is 2.65 bits per heavy atom. The van der Waals surface area contributed by atoms with E-state index in [1.54, 1.807) is 48.2 Å². The molecule has 26 heavy (non-hydrogen) atoms. The van der Waals surface area contributed by atoms with Gasteiger partial charge in [0, 0.05) is 23.2 Å². The molecule has 2 aliphatic rings. The van der Waals surface area contributed by atoms with Gasteiger partial charge in [-0.05, 0) is 73.7 Å². The van der Waals surface area contributed by atoms with Gasteiger partial charge >= 0.3 is 0 Å². The van der Waals surface area contributed by atoms with Crippen molar-refractivity contribution in [3.63, 3.8) is 0 Å². The van der Waals surface area contributed by atoms with Gasteiger partial charge in [0.1, 0.15) is 0 Å². The van der Waals surface area contributed by atoms with Gasteiger partial charge < -0.3 is 4.90 Å². The number of hydrogen-bond donors (Lipinski definition) is 1. The third kappa shape index (κ3) is 3.19. The Hall–Kier alpha value is -2.05. The molecular weight excluding hydrogens is 372 g/mol. The summed E-state index contributed by atoms with van der Waals surface area (Å²) < 4.78 is 28.1. The lowest BCUT2D eigenvalue weighted by Crippen LogP contribution is -2.30. The Bertz CT molecular complexity index is 1000. The van der Waals surface area contributed by atoms with Crippen LogP contribution in [0, 0.1) is 12.8 Å². The second-order valence-electron chi connectivity index (χ2n) is 6.87. The maximum atomic E-state index is 12.7. The zero-order valence-electron chi connectivity index (χ0n) is 14.3. The van der Waals surface area contributed by atoms with Gasteiger partial charge in [-0.25, -0.2) is 8.42 Å². The van der Waals surface area contributed by atoms with Crippen molar-refractivity contribution in [2.75, 3.05) is 16.2 Å². The van der Waals surface area contributed by atoms with Crippen LogP contribution in [0.3, 0.4) is 0 Å². The van der Waals surface area contributed by atoms with Crippen molar-refractivity contribution in [2.45, 2.75) is 31.1 Å². The molecule has 0 aromatic heterocycles. The van der Waals surface area contributed by atoms with Crippen LogP contribution in [0.25, 0.3) is 0 Å². The van der Waals surface area contributed by atoms with Crippen LogP contribution >= 0.6 is 11.6 Å². The summed E-state index contributed by atoms with van der Waals surface area (Å²) in [5.74, 6) is 0.313. The highest BCUT2D eigenvalue weighted by molar-refractivity contribution is 7.92. The van der Waals surface area contributed by atoms with Gasteiger partial charge in [-0.1, -0.05) is 11.6 Å². The molecular formula is C19H19ClN2O3S. The molecule has 1 aliphatic carbocycles. The quantitative estimate of drug-likeness (QED) is 0.864. The molecule has 0 radical (unpaired) electrons. The van der Waals surface area contributed by atoms with Crippen molar-refractivity contribution in [3.8, 4) is 0 Å². The zero-order valence-corrected chi connectivity index (χ0v) is 15.9. The summed E-state index contributed by atoms with van der Waals surface area (Å²) in [5, 5.41) is 0.559. The second-order valence-corrected chi connectivity index (χ2v) is 8.99. The molecule has 136 valence electrons. The van der Waals surface area contributed by atoms with Crippen LogP contribution in [0.15, 0.2) is 41.3 Å². The summed E-state index contributed by atoms with van der Waals surface area (Å²) in [6.45, 7) is 2.42. The van der Waals surface area contributed by atoms with Gasteiger partial charge in [0.25, 0.3) is 10.0 Å². The minimum absolute atomic E-state index is 0.152. The maximum Gasteiger partial charge on any atom is 0.261 e. The number of fused-ring (bicyclic) bond motifs is 1. The molecule has 1 heterocycles. The van der Waals surface area contributed by atoms with Gasteiger partial charge in [0.05, 0.1) is 10.6 Å². The van der Waals surface area contributed by atoms with E-state index in [4.69, 9.17) is 11.6 Å². The number of rotatable bonds is 4. The molecule has 1 aliphatic heterocycles. The number of hydrogen-bond acceptors (Lipinski definition) is 3. The monoisotopic (exact) mass is 390 g/mol. The van der Waals surface area contributed by atoms with Crippen LogP contribution in [0.1, 0.15) is 24.0 Å². The number of aryl methyl sites for hydroxylation is 1. The van der Waals surface area contributed by atoms with E-state index in [-0.39, 0.29) is 16.7 Å². The first-order valence-corrected chi connectivity index (χ1v) is 10.4. The molecule has 0 bridgehead atoms. The van der Waals surface area contributed by atoms with E-state index in [2.05, 4.69) is 4.72 Å². The van der Waals surface area contributed by atoms with E-state index in [9.17, 15) is 13.2 Å². The Morgan fingerprint density at radius 1 is 1.19 bits per heavy atom. The maximum absolute atomic E-state index is 12.7. The minimum Gasteiger partial charge on any atom is -0.312 e. The standard InChI is InChI=1S/C19H19ClN2O3S/c1-12-10-15(20)4-6-17(12)21-26(24,25)16-5-7-18-14(11-16)8-9-22(18)19(23)13-2-3-13/h4-7,10-11,13,21H,2-3,8-9H2,1H3. The number of carbonyl (C=O) groups excluding carboxylic acids is 1. The molecule has 5 nitrogen and oxygen atoms in total. The van der Waals surface area contributed by atoms with Crippen molar-refractivity contribution in [2.24, 2.45) is 5.92 Å². The average molecular weight is 391 g/mol. The van der Waals surface area contributed by atoms with Gasteiger partial charge in [0.2, 0.25) is 5.91 Å². The molecule has 2 aromatic rings. The molecule has 0 unspecified atom stereocenters. The van der Waals surface area contributed by atoms with Crippen molar-refractivity contribution >= 4 is 38.9 Å². The number of carbonyl (C=O) groups is 1. The predicted octanol–water partition coefficient (Wildman–Crippen LogP) is 3.75. The summed E-state index contributed by atoms with van der Waals surface area (Å²) in [5.41, 5.74) is 2.99. The van der Waals surface area contributed by atoms with Crippen molar-refractivity contribution in [1.82, 2.24) is 0 Å². The molecule has 0 saturated heterocycles. The van der Waals surface area contributed by atoms with Crippen molar-refractivity contribution in [1.29, 1.82) is 0 Å². The molecule has 7 heteroatoms. The molecule has 0 spiro atoms. The highest BCUT2D eigenvalue weighted by Crippen LogP contribution is 2.37. The summed E-state index contributed by atoms with van der Waals surface area (Å²) in [7, 11) is -3.71. The Balaban J connectivity index is 1.61. The van der Waals surface area contributed by atoms with Crippen LogP contribution in [0.5, 0.6) is 0 Å². The lowest BCUT2D eigenvalue weighted by atomic mass is 10.2. The number of sulfonamides is 1. The summed E-state index contributed by atoms with van der Waals surface area (Å²) in [6.07, 6.45) is 2.60. The highest BCUT2D eigenvalue weighted by atomic mass is 35.5. The number of anilines is 2. The van der Waals surface area contributed by atoms with E-state index in [1.807, 2.05) is 0 Å². The van der Waals surface area contributed by atoms with Crippen LogP contribution in [0.2, 0.25) is 5.02 Å². The molecule has 4 rings (SSSR count). The smallest absolute Gasteiger partial charge is 0.261 e. The third-order valence-corrected chi connectivity index (χ3v) is 6.48. The molecule has 2 aromatic carbocycles. The van der Waals surface area contributed by atoms with E-state index in [0.29, 0.717) is 23.7 Å². The highest BCUT2D eigenvalue weighted by Gasteiger charge is 2.36. The largest absolute Gasteiger partial charge is 0.312 e. The number of nitrogens with one attached hydrogen (secondary N) is 1. The van der Waals surface area contributed by atoms with Gasteiger partial charge in [-0.2, -0.15) is 0 Å². The molecule has 1 fully saturated rings. The van der Waals surface area contributed by atoms with E-state index >= 15 is 0 Å². The number of benzene rings is 2. The second kappa shape index (κ2) is 6.28. The molecule has 1 saturated carbocycles. The predicted molar refractivity (Wildman–Crippen MR) is 102 cm³/mol. The molecule has 1 N–H and O–H groups in total. The summed E-state index contributed by atoms with van der Waals surface area (Å²) >= 11 is 5.93. The van der Waals surface area contributed by atoms with Crippen LogP contribution in [-0.2, 0) is 21.2 Å². The van der Waals surface area contributed by atoms with Crippen molar-refractivity contribution in [3.05, 3.63) is 52.5 Å². The topological polar surface area (TPSA) is 66.5 Å². The first kappa shape index (κ1) is 17.4.